The molecule has 1 saturated carbocycles. The zero-order valence-electron chi connectivity index (χ0n) is 12.4. The molecule has 4 atom stereocenters. The van der Waals surface area contributed by atoms with Crippen molar-refractivity contribution in [2.24, 2.45) is 23.2 Å². The molecule has 19 heavy (non-hydrogen) atoms. The maximum absolute atomic E-state index is 12.3. The molecule has 0 aromatic rings. The molecule has 0 radical (unpaired) electrons. The van der Waals surface area contributed by atoms with Crippen LogP contribution in [0.25, 0.3) is 0 Å². The van der Waals surface area contributed by atoms with Gasteiger partial charge in [0.1, 0.15) is 0 Å². The number of rotatable bonds is 2. The quantitative estimate of drug-likeness (QED) is 0.720. The van der Waals surface area contributed by atoms with Gasteiger partial charge < -0.3 is 4.74 Å². The molecule has 0 aromatic heterocycles. The monoisotopic (exact) mass is 264 g/mol. The highest BCUT2D eigenvalue weighted by molar-refractivity contribution is 6.01. The van der Waals surface area contributed by atoms with E-state index in [-0.39, 0.29) is 17.2 Å². The van der Waals surface area contributed by atoms with Crippen molar-refractivity contribution in [3.8, 4) is 0 Å². The number of esters is 1. The van der Waals surface area contributed by atoms with Crippen molar-refractivity contribution in [2.45, 2.75) is 46.5 Å². The standard InChI is InChI=1S/C16H24O3/c1-10-6-5-7-12-8-14(17)13(9-16(10,12)3)11(2)15(18)19-4/h9-12H,5-8H2,1-4H3/t10-,11?,12+,16+/m0/s1. The number of hydrogen-bond donors (Lipinski definition) is 0. The van der Waals surface area contributed by atoms with Crippen LogP contribution in [0.3, 0.4) is 0 Å². The summed E-state index contributed by atoms with van der Waals surface area (Å²) in [5.41, 5.74) is 0.725. The van der Waals surface area contributed by atoms with Gasteiger partial charge in [0.05, 0.1) is 13.0 Å². The number of Topliss-reactive ketones (excluding diaryl/α,β-unsaturated/α-hetero) is 1. The van der Waals surface area contributed by atoms with Gasteiger partial charge in [0.25, 0.3) is 0 Å². The maximum atomic E-state index is 12.3. The molecule has 0 aromatic carbocycles. The molecular weight excluding hydrogens is 240 g/mol. The molecule has 3 heteroatoms. The van der Waals surface area contributed by atoms with Crippen LogP contribution in [-0.2, 0) is 14.3 Å². The molecule has 0 spiro atoms. The minimum atomic E-state index is -0.440. The fraction of sp³-hybridized carbons (Fsp3) is 0.750. The van der Waals surface area contributed by atoms with E-state index in [2.05, 4.69) is 19.9 Å². The number of carbonyl (C=O) groups excluding carboxylic acids is 2. The van der Waals surface area contributed by atoms with Crippen LogP contribution in [-0.4, -0.2) is 18.9 Å². The molecule has 0 saturated heterocycles. The summed E-state index contributed by atoms with van der Waals surface area (Å²) in [6.07, 6.45) is 6.23. The summed E-state index contributed by atoms with van der Waals surface area (Å²) < 4.78 is 4.78. The molecule has 106 valence electrons. The van der Waals surface area contributed by atoms with E-state index in [1.165, 1.54) is 20.0 Å². The Morgan fingerprint density at radius 1 is 1.47 bits per heavy atom. The summed E-state index contributed by atoms with van der Waals surface area (Å²) in [5, 5.41) is 0. The van der Waals surface area contributed by atoms with Crippen LogP contribution in [0.1, 0.15) is 46.5 Å². The maximum Gasteiger partial charge on any atom is 0.312 e. The predicted molar refractivity (Wildman–Crippen MR) is 73.5 cm³/mol. The molecule has 0 N–H and O–H groups in total. The number of allylic oxidation sites excluding steroid dienone is 1. The minimum absolute atomic E-state index is 0.0593. The fourth-order valence-electron chi connectivity index (χ4n) is 3.70. The van der Waals surface area contributed by atoms with Crippen molar-refractivity contribution in [3.05, 3.63) is 11.6 Å². The number of ketones is 1. The van der Waals surface area contributed by atoms with Crippen LogP contribution < -0.4 is 0 Å². The number of methoxy groups -OCH3 is 1. The van der Waals surface area contributed by atoms with Crippen molar-refractivity contribution in [1.82, 2.24) is 0 Å². The number of ether oxygens (including phenoxy) is 1. The lowest BCUT2D eigenvalue weighted by Gasteiger charge is -2.47. The Hall–Kier alpha value is -1.12. The summed E-state index contributed by atoms with van der Waals surface area (Å²) in [4.78, 5) is 24.0. The van der Waals surface area contributed by atoms with Gasteiger partial charge in [0.2, 0.25) is 0 Å². The molecule has 0 bridgehead atoms. The molecule has 0 heterocycles. The largest absolute Gasteiger partial charge is 0.469 e. The third-order valence-corrected chi connectivity index (χ3v) is 5.37. The summed E-state index contributed by atoms with van der Waals surface area (Å²) >= 11 is 0. The third kappa shape index (κ3) is 2.35. The van der Waals surface area contributed by atoms with E-state index in [1.54, 1.807) is 6.92 Å². The van der Waals surface area contributed by atoms with E-state index < -0.39 is 5.92 Å². The van der Waals surface area contributed by atoms with E-state index >= 15 is 0 Å². The van der Waals surface area contributed by atoms with Gasteiger partial charge in [-0.1, -0.05) is 26.3 Å². The van der Waals surface area contributed by atoms with Crippen LogP contribution in [0.2, 0.25) is 0 Å². The minimum Gasteiger partial charge on any atom is -0.469 e. The number of hydrogen-bond acceptors (Lipinski definition) is 3. The smallest absolute Gasteiger partial charge is 0.312 e. The Morgan fingerprint density at radius 2 is 2.16 bits per heavy atom. The molecule has 3 nitrogen and oxygen atoms in total. The van der Waals surface area contributed by atoms with Gasteiger partial charge in [-0.2, -0.15) is 0 Å². The SMILES string of the molecule is COC(=O)C(C)C1=C[C@@]2(C)[C@H](CCC[C@@H]2C)CC1=O. The molecule has 2 rings (SSSR count). The first kappa shape index (κ1) is 14.3. The molecule has 1 fully saturated rings. The van der Waals surface area contributed by atoms with E-state index in [1.807, 2.05) is 0 Å². The highest BCUT2D eigenvalue weighted by Gasteiger charge is 2.45. The third-order valence-electron chi connectivity index (χ3n) is 5.37. The van der Waals surface area contributed by atoms with Gasteiger partial charge in [-0.25, -0.2) is 0 Å². The molecule has 2 aliphatic carbocycles. The highest BCUT2D eigenvalue weighted by atomic mass is 16.5. The lowest BCUT2D eigenvalue weighted by molar-refractivity contribution is -0.144. The number of carbonyl (C=O) groups is 2. The fourth-order valence-corrected chi connectivity index (χ4v) is 3.70. The van der Waals surface area contributed by atoms with Crippen molar-refractivity contribution in [1.29, 1.82) is 0 Å². The van der Waals surface area contributed by atoms with E-state index in [0.717, 1.165) is 6.42 Å². The van der Waals surface area contributed by atoms with Gasteiger partial charge in [0, 0.05) is 12.0 Å². The zero-order valence-corrected chi connectivity index (χ0v) is 12.4. The summed E-state index contributed by atoms with van der Waals surface area (Å²) in [6, 6.07) is 0. The zero-order chi connectivity index (χ0) is 14.2. The van der Waals surface area contributed by atoms with Crippen LogP contribution in [0.5, 0.6) is 0 Å². The van der Waals surface area contributed by atoms with Gasteiger partial charge in [-0.05, 0) is 37.0 Å². The predicted octanol–water partition coefficient (Wildman–Crippen LogP) is 3.14. The van der Waals surface area contributed by atoms with Gasteiger partial charge in [-0.3, -0.25) is 9.59 Å². The summed E-state index contributed by atoms with van der Waals surface area (Å²) in [7, 11) is 1.38. The first-order chi connectivity index (χ1) is 8.90. The Balaban J connectivity index is 2.36. The van der Waals surface area contributed by atoms with Crippen molar-refractivity contribution < 1.29 is 14.3 Å². The molecule has 0 aliphatic heterocycles. The lowest BCUT2D eigenvalue weighted by atomic mass is 9.56. The average Bonchev–Trinajstić information content (AvgIpc) is 2.39. The summed E-state index contributed by atoms with van der Waals surface area (Å²) in [5.74, 6) is 0.389. The van der Waals surface area contributed by atoms with Crippen molar-refractivity contribution >= 4 is 11.8 Å². The van der Waals surface area contributed by atoms with E-state index in [0.29, 0.717) is 23.8 Å². The molecule has 0 amide bonds. The van der Waals surface area contributed by atoms with Crippen molar-refractivity contribution in [3.63, 3.8) is 0 Å². The highest BCUT2D eigenvalue weighted by Crippen LogP contribution is 2.51. The first-order valence-electron chi connectivity index (χ1n) is 7.24. The van der Waals surface area contributed by atoms with Crippen molar-refractivity contribution in [2.75, 3.05) is 7.11 Å². The van der Waals surface area contributed by atoms with Gasteiger partial charge >= 0.3 is 5.97 Å². The second-order valence-electron chi connectivity index (χ2n) is 6.37. The van der Waals surface area contributed by atoms with E-state index in [9.17, 15) is 9.59 Å². The van der Waals surface area contributed by atoms with E-state index in [4.69, 9.17) is 4.74 Å². The second kappa shape index (κ2) is 5.10. The number of fused-ring (bicyclic) bond motifs is 1. The molecule has 1 unspecified atom stereocenters. The second-order valence-corrected chi connectivity index (χ2v) is 6.37. The average molecular weight is 264 g/mol. The Morgan fingerprint density at radius 3 is 2.79 bits per heavy atom. The molecule has 2 aliphatic rings. The first-order valence-corrected chi connectivity index (χ1v) is 7.24. The lowest BCUT2D eigenvalue weighted by Crippen LogP contribution is -2.42. The van der Waals surface area contributed by atoms with Gasteiger partial charge in [0.15, 0.2) is 5.78 Å². The topological polar surface area (TPSA) is 43.4 Å². The van der Waals surface area contributed by atoms with Gasteiger partial charge in [-0.15, -0.1) is 0 Å². The Kier molecular flexibility index (Phi) is 3.84. The van der Waals surface area contributed by atoms with Crippen LogP contribution in [0, 0.1) is 23.2 Å². The summed E-state index contributed by atoms with van der Waals surface area (Å²) in [6.45, 7) is 6.28. The van der Waals surface area contributed by atoms with Crippen LogP contribution in [0.4, 0.5) is 0 Å². The van der Waals surface area contributed by atoms with Crippen LogP contribution in [0.15, 0.2) is 11.6 Å². The Labute approximate surface area is 115 Å². The molecular formula is C16H24O3. The Bertz CT molecular complexity index is 424. The van der Waals surface area contributed by atoms with Crippen LogP contribution >= 0.6 is 0 Å². The normalized spacial score (nSPS) is 36.2.